The van der Waals surface area contributed by atoms with Gasteiger partial charge in [0.1, 0.15) is 0 Å². The summed E-state index contributed by atoms with van der Waals surface area (Å²) in [6.07, 6.45) is 5.12. The highest BCUT2D eigenvalue weighted by Gasteiger charge is 2.33. The van der Waals surface area contributed by atoms with Gasteiger partial charge in [-0.1, -0.05) is 51.8 Å². The minimum atomic E-state index is 0.365. The summed E-state index contributed by atoms with van der Waals surface area (Å²) < 4.78 is 0. The molecule has 0 radical (unpaired) electrons. The van der Waals surface area contributed by atoms with Crippen LogP contribution in [0.3, 0.4) is 0 Å². The number of allylic oxidation sites excluding steroid dienone is 4. The highest BCUT2D eigenvalue weighted by molar-refractivity contribution is 5.46. The van der Waals surface area contributed by atoms with E-state index < -0.39 is 0 Å². The van der Waals surface area contributed by atoms with Crippen molar-refractivity contribution in [3.05, 3.63) is 22.8 Å². The third-order valence-electron chi connectivity index (χ3n) is 3.88. The van der Waals surface area contributed by atoms with Crippen LogP contribution >= 0.6 is 0 Å². The van der Waals surface area contributed by atoms with Gasteiger partial charge in [0.2, 0.25) is 0 Å². The van der Waals surface area contributed by atoms with Gasteiger partial charge in [0.05, 0.1) is 0 Å². The van der Waals surface area contributed by atoms with Gasteiger partial charge in [-0.05, 0) is 35.7 Å². The van der Waals surface area contributed by atoms with Crippen molar-refractivity contribution in [2.75, 3.05) is 0 Å². The summed E-state index contributed by atoms with van der Waals surface area (Å²) in [5.74, 6) is 1.64. The quantitative estimate of drug-likeness (QED) is 0.533. The van der Waals surface area contributed by atoms with Gasteiger partial charge >= 0.3 is 0 Å². The lowest BCUT2D eigenvalue weighted by molar-refractivity contribution is 0.480. The van der Waals surface area contributed by atoms with Crippen LogP contribution in [0.4, 0.5) is 0 Å². The number of hydrogen-bond donors (Lipinski definition) is 0. The molecule has 0 aromatic carbocycles. The highest BCUT2D eigenvalue weighted by atomic mass is 14.4. The molecule has 0 nitrogen and oxygen atoms in total. The van der Waals surface area contributed by atoms with E-state index >= 15 is 0 Å². The van der Waals surface area contributed by atoms with Crippen molar-refractivity contribution in [1.29, 1.82) is 0 Å². The lowest BCUT2D eigenvalue weighted by Crippen LogP contribution is -2.09. The maximum Gasteiger partial charge on any atom is -0.00914 e. The van der Waals surface area contributed by atoms with E-state index in [0.717, 1.165) is 11.8 Å². The summed E-state index contributed by atoms with van der Waals surface area (Å²) in [6.45, 7) is 11.8. The molecule has 0 heteroatoms. The minimum Gasteiger partial charge on any atom is -0.0605 e. The molecular formula is C14H22. The van der Waals surface area contributed by atoms with Gasteiger partial charge in [0, 0.05) is 0 Å². The fourth-order valence-corrected chi connectivity index (χ4v) is 2.84. The third-order valence-corrected chi connectivity index (χ3v) is 3.88. The van der Waals surface area contributed by atoms with Crippen molar-refractivity contribution in [2.24, 2.45) is 17.3 Å². The zero-order valence-corrected chi connectivity index (χ0v) is 10.1. The van der Waals surface area contributed by atoms with E-state index in [0.29, 0.717) is 5.41 Å². The molecule has 0 aromatic rings. The molecule has 0 fully saturated rings. The molecule has 2 aliphatic carbocycles. The normalized spacial score (nSPS) is 32.2. The zero-order valence-electron chi connectivity index (χ0n) is 10.1. The zero-order chi connectivity index (χ0) is 10.5. The summed E-state index contributed by atoms with van der Waals surface area (Å²) in [5.41, 5.74) is 5.41. The second-order valence-electron chi connectivity index (χ2n) is 6.11. The van der Waals surface area contributed by atoms with Crippen molar-refractivity contribution in [2.45, 2.75) is 47.5 Å². The summed E-state index contributed by atoms with van der Waals surface area (Å²) in [4.78, 5) is 0. The average molecular weight is 190 g/mol. The van der Waals surface area contributed by atoms with E-state index in [2.05, 4.69) is 40.7 Å². The Morgan fingerprint density at radius 2 is 1.79 bits per heavy atom. The van der Waals surface area contributed by atoms with Crippen LogP contribution in [-0.4, -0.2) is 0 Å². The Balaban J connectivity index is 2.26. The van der Waals surface area contributed by atoms with Gasteiger partial charge in [0.15, 0.2) is 0 Å². The van der Waals surface area contributed by atoms with Crippen LogP contribution in [0.1, 0.15) is 47.5 Å². The van der Waals surface area contributed by atoms with E-state index in [1.54, 1.807) is 16.7 Å². The maximum absolute atomic E-state index is 2.49. The average Bonchev–Trinajstić information content (AvgIpc) is 2.53. The summed E-state index contributed by atoms with van der Waals surface area (Å²) in [6, 6.07) is 0. The monoisotopic (exact) mass is 190 g/mol. The van der Waals surface area contributed by atoms with Crippen LogP contribution in [0.25, 0.3) is 0 Å². The Morgan fingerprint density at radius 3 is 2.29 bits per heavy atom. The molecule has 0 bridgehead atoms. The van der Waals surface area contributed by atoms with Gasteiger partial charge < -0.3 is 0 Å². The Bertz CT molecular complexity index is 309. The van der Waals surface area contributed by atoms with Crippen molar-refractivity contribution in [1.82, 2.24) is 0 Å². The molecule has 0 amide bonds. The largest absolute Gasteiger partial charge is 0.0605 e. The smallest absolute Gasteiger partial charge is 0.00914 e. The highest BCUT2D eigenvalue weighted by Crippen LogP contribution is 2.48. The van der Waals surface area contributed by atoms with Gasteiger partial charge in [-0.2, -0.15) is 0 Å². The van der Waals surface area contributed by atoms with Gasteiger partial charge in [0.25, 0.3) is 0 Å². The second kappa shape index (κ2) is 2.98. The molecule has 14 heavy (non-hydrogen) atoms. The molecular weight excluding hydrogens is 168 g/mol. The van der Waals surface area contributed by atoms with E-state index in [1.165, 1.54) is 12.8 Å². The molecule has 2 atom stereocenters. The van der Waals surface area contributed by atoms with Crippen LogP contribution in [0.2, 0.25) is 0 Å². The summed E-state index contributed by atoms with van der Waals surface area (Å²) in [5, 5.41) is 0. The Hall–Kier alpha value is -0.520. The number of rotatable bonds is 0. The lowest BCUT2D eigenvalue weighted by atomic mass is 9.83. The number of hydrogen-bond acceptors (Lipinski definition) is 0. The lowest BCUT2D eigenvalue weighted by Gasteiger charge is -2.22. The van der Waals surface area contributed by atoms with Crippen molar-refractivity contribution < 1.29 is 0 Å². The van der Waals surface area contributed by atoms with Crippen LogP contribution in [0.15, 0.2) is 22.8 Å². The predicted molar refractivity (Wildman–Crippen MR) is 62.1 cm³/mol. The first-order valence-electron chi connectivity index (χ1n) is 5.83. The van der Waals surface area contributed by atoms with Gasteiger partial charge in [-0.25, -0.2) is 0 Å². The van der Waals surface area contributed by atoms with Gasteiger partial charge in [-0.3, -0.25) is 0 Å². The van der Waals surface area contributed by atoms with Crippen LogP contribution < -0.4 is 0 Å². The Labute approximate surface area is 88.1 Å². The van der Waals surface area contributed by atoms with Gasteiger partial charge in [-0.15, -0.1) is 0 Å². The van der Waals surface area contributed by atoms with Crippen LogP contribution in [0, 0.1) is 17.3 Å². The molecule has 78 valence electrons. The van der Waals surface area contributed by atoms with E-state index in [4.69, 9.17) is 0 Å². The van der Waals surface area contributed by atoms with E-state index in [1.807, 2.05) is 0 Å². The first-order valence-corrected chi connectivity index (χ1v) is 5.83. The molecule has 0 aromatic heterocycles. The Morgan fingerprint density at radius 1 is 1.14 bits per heavy atom. The Kier molecular flexibility index (Phi) is 2.13. The summed E-state index contributed by atoms with van der Waals surface area (Å²) >= 11 is 0. The fraction of sp³-hybridized carbons (Fsp3) is 0.714. The summed E-state index contributed by atoms with van der Waals surface area (Å²) in [7, 11) is 0. The molecule has 0 heterocycles. The molecule has 0 saturated heterocycles. The van der Waals surface area contributed by atoms with Crippen LogP contribution in [-0.2, 0) is 0 Å². The van der Waals surface area contributed by atoms with E-state index in [-0.39, 0.29) is 0 Å². The SMILES string of the molecule is CC1CC(C)C2=C1C=C(C(C)(C)C)C2. The molecule has 2 rings (SSSR count). The predicted octanol–water partition coefficient (Wildman–Crippen LogP) is 4.34. The molecule has 0 aliphatic heterocycles. The molecule has 0 saturated carbocycles. The first kappa shape index (κ1) is 10.0. The molecule has 2 aliphatic rings. The molecule has 0 spiro atoms. The van der Waals surface area contributed by atoms with Crippen LogP contribution in [0.5, 0.6) is 0 Å². The topological polar surface area (TPSA) is 0 Å². The first-order chi connectivity index (χ1) is 6.39. The minimum absolute atomic E-state index is 0.365. The fourth-order valence-electron chi connectivity index (χ4n) is 2.84. The van der Waals surface area contributed by atoms with Crippen molar-refractivity contribution >= 4 is 0 Å². The third kappa shape index (κ3) is 1.45. The molecule has 0 N–H and O–H groups in total. The molecule has 2 unspecified atom stereocenters. The van der Waals surface area contributed by atoms with E-state index in [9.17, 15) is 0 Å². The second-order valence-corrected chi connectivity index (χ2v) is 6.11. The standard InChI is InChI=1S/C14H22/c1-9-6-10(2)13-8-11(7-12(9)13)14(3,4)5/h7,9-10H,6,8H2,1-5H3. The van der Waals surface area contributed by atoms with Crippen molar-refractivity contribution in [3.63, 3.8) is 0 Å². The maximum atomic E-state index is 2.49. The van der Waals surface area contributed by atoms with Crippen molar-refractivity contribution in [3.8, 4) is 0 Å².